The molecule has 0 saturated carbocycles. The van der Waals surface area contributed by atoms with Gasteiger partial charge in [-0.2, -0.15) is 0 Å². The third kappa shape index (κ3) is 4.15. The quantitative estimate of drug-likeness (QED) is 0.743. The molecule has 0 N–H and O–H groups in total. The van der Waals surface area contributed by atoms with Gasteiger partial charge in [0.25, 0.3) is 0 Å². The maximum absolute atomic E-state index is 12.4. The highest BCUT2D eigenvalue weighted by Crippen LogP contribution is 2.37. The van der Waals surface area contributed by atoms with Crippen molar-refractivity contribution in [3.8, 4) is 11.5 Å². The second-order valence-electron chi connectivity index (χ2n) is 7.29. The number of rotatable bonds is 4. The summed E-state index contributed by atoms with van der Waals surface area (Å²) < 4.78 is 12.0. The van der Waals surface area contributed by atoms with Gasteiger partial charge in [-0.15, -0.1) is 0 Å². The maximum Gasteiger partial charge on any atom is 0.236 e. The summed E-state index contributed by atoms with van der Waals surface area (Å²) in [5.74, 6) is 1.94. The third-order valence-corrected chi connectivity index (χ3v) is 6.17. The van der Waals surface area contributed by atoms with Crippen molar-refractivity contribution >= 4 is 21.8 Å². The Morgan fingerprint density at radius 2 is 1.62 bits per heavy atom. The van der Waals surface area contributed by atoms with E-state index in [0.717, 1.165) is 81.0 Å². The molecule has 1 amide bonds. The number of nitrogens with zero attached hydrogens (tertiary/aromatic N) is 3. The molecule has 0 atom stereocenters. The lowest BCUT2D eigenvalue weighted by molar-refractivity contribution is -0.131. The molecule has 142 valence electrons. The second-order valence-corrected chi connectivity index (χ2v) is 8.14. The molecule has 3 aliphatic rings. The van der Waals surface area contributed by atoms with E-state index in [-0.39, 0.29) is 0 Å². The molecule has 0 aromatic heterocycles. The molecule has 0 bridgehead atoms. The molecule has 3 aliphatic heterocycles. The lowest BCUT2D eigenvalue weighted by atomic mass is 10.2. The monoisotopic (exact) mass is 423 g/mol. The fourth-order valence-corrected chi connectivity index (χ4v) is 4.37. The van der Waals surface area contributed by atoms with Crippen LogP contribution in [0, 0.1) is 0 Å². The molecule has 26 heavy (non-hydrogen) atoms. The number of ether oxygens (including phenoxy) is 2. The molecular formula is C19H26BrN3O3. The van der Waals surface area contributed by atoms with Crippen LogP contribution in [0.5, 0.6) is 11.5 Å². The van der Waals surface area contributed by atoms with Crippen LogP contribution in [0.3, 0.4) is 0 Å². The average molecular weight is 424 g/mol. The van der Waals surface area contributed by atoms with Crippen molar-refractivity contribution in [1.29, 1.82) is 0 Å². The van der Waals surface area contributed by atoms with Gasteiger partial charge in [0.05, 0.1) is 6.54 Å². The zero-order valence-corrected chi connectivity index (χ0v) is 16.7. The van der Waals surface area contributed by atoms with Crippen LogP contribution in [0.25, 0.3) is 0 Å². The first-order chi connectivity index (χ1) is 12.7. The van der Waals surface area contributed by atoms with E-state index in [0.29, 0.717) is 19.2 Å². The first kappa shape index (κ1) is 18.1. The first-order valence-corrected chi connectivity index (χ1v) is 10.3. The molecule has 4 rings (SSSR count). The number of hydrogen-bond acceptors (Lipinski definition) is 5. The van der Waals surface area contributed by atoms with Crippen LogP contribution in [0.15, 0.2) is 16.6 Å². The largest absolute Gasteiger partial charge is 0.454 e. The lowest BCUT2D eigenvalue weighted by Gasteiger charge is -2.24. The minimum Gasteiger partial charge on any atom is -0.454 e. The SMILES string of the molecule is O=C(CN1CCCN(Cc2cc3c(cc2Br)OCO3)CC1)N1CCCC1. The van der Waals surface area contributed by atoms with Gasteiger partial charge in [0, 0.05) is 37.2 Å². The third-order valence-electron chi connectivity index (χ3n) is 5.43. The molecule has 6 nitrogen and oxygen atoms in total. The molecular weight excluding hydrogens is 398 g/mol. The Morgan fingerprint density at radius 1 is 0.923 bits per heavy atom. The number of hydrogen-bond donors (Lipinski definition) is 0. The van der Waals surface area contributed by atoms with Gasteiger partial charge in [-0.1, -0.05) is 15.9 Å². The van der Waals surface area contributed by atoms with Crippen molar-refractivity contribution < 1.29 is 14.3 Å². The number of carbonyl (C=O) groups excluding carboxylic acids is 1. The minimum atomic E-state index is 0.300. The molecule has 0 unspecified atom stereocenters. The molecule has 1 aromatic rings. The Kier molecular flexibility index (Phi) is 5.66. The van der Waals surface area contributed by atoms with E-state index in [4.69, 9.17) is 9.47 Å². The highest BCUT2D eigenvalue weighted by atomic mass is 79.9. The summed E-state index contributed by atoms with van der Waals surface area (Å²) >= 11 is 3.66. The molecule has 2 saturated heterocycles. The van der Waals surface area contributed by atoms with Crippen molar-refractivity contribution in [1.82, 2.24) is 14.7 Å². The zero-order valence-electron chi connectivity index (χ0n) is 15.1. The van der Waals surface area contributed by atoms with Gasteiger partial charge in [-0.25, -0.2) is 0 Å². The van der Waals surface area contributed by atoms with Crippen molar-refractivity contribution in [3.05, 3.63) is 22.2 Å². The van der Waals surface area contributed by atoms with Crippen LogP contribution in [-0.4, -0.2) is 73.2 Å². The van der Waals surface area contributed by atoms with E-state index < -0.39 is 0 Å². The van der Waals surface area contributed by atoms with E-state index in [9.17, 15) is 4.79 Å². The highest BCUT2D eigenvalue weighted by molar-refractivity contribution is 9.10. The summed E-state index contributed by atoms with van der Waals surface area (Å²) in [5.41, 5.74) is 1.22. The number of amides is 1. The van der Waals surface area contributed by atoms with E-state index in [1.165, 1.54) is 5.56 Å². The Balaban J connectivity index is 1.32. The van der Waals surface area contributed by atoms with Gasteiger partial charge in [0.2, 0.25) is 12.7 Å². The summed E-state index contributed by atoms with van der Waals surface area (Å²) in [4.78, 5) is 19.2. The van der Waals surface area contributed by atoms with Crippen molar-refractivity contribution in [2.24, 2.45) is 0 Å². The molecule has 0 spiro atoms. The predicted octanol–water partition coefficient (Wildman–Crippen LogP) is 2.31. The minimum absolute atomic E-state index is 0.300. The smallest absolute Gasteiger partial charge is 0.236 e. The summed E-state index contributed by atoms with van der Waals surface area (Å²) in [7, 11) is 0. The molecule has 3 heterocycles. The highest BCUT2D eigenvalue weighted by Gasteiger charge is 2.23. The van der Waals surface area contributed by atoms with Crippen LogP contribution in [0.2, 0.25) is 0 Å². The van der Waals surface area contributed by atoms with E-state index in [1.54, 1.807) is 0 Å². The van der Waals surface area contributed by atoms with Crippen LogP contribution < -0.4 is 9.47 Å². The lowest BCUT2D eigenvalue weighted by Crippen LogP contribution is -2.40. The van der Waals surface area contributed by atoms with E-state index in [2.05, 4.69) is 31.8 Å². The van der Waals surface area contributed by atoms with Gasteiger partial charge in [0.15, 0.2) is 11.5 Å². The van der Waals surface area contributed by atoms with Crippen molar-refractivity contribution in [3.63, 3.8) is 0 Å². The molecule has 0 aliphatic carbocycles. The summed E-state index contributed by atoms with van der Waals surface area (Å²) in [5, 5.41) is 0. The Hall–Kier alpha value is -1.31. The normalized spacial score (nSPS) is 21.2. The Morgan fingerprint density at radius 3 is 2.42 bits per heavy atom. The summed E-state index contributed by atoms with van der Waals surface area (Å²) in [6.07, 6.45) is 3.41. The van der Waals surface area contributed by atoms with Gasteiger partial charge in [0.1, 0.15) is 0 Å². The van der Waals surface area contributed by atoms with E-state index in [1.807, 2.05) is 11.0 Å². The topological polar surface area (TPSA) is 45.3 Å². The van der Waals surface area contributed by atoms with Crippen LogP contribution in [-0.2, 0) is 11.3 Å². The van der Waals surface area contributed by atoms with Crippen LogP contribution >= 0.6 is 15.9 Å². The second kappa shape index (κ2) is 8.15. The molecule has 2 fully saturated rings. The number of benzene rings is 1. The average Bonchev–Trinajstić information content (AvgIpc) is 3.26. The maximum atomic E-state index is 12.4. The summed E-state index contributed by atoms with van der Waals surface area (Å²) in [6, 6.07) is 4.07. The number of carbonyl (C=O) groups is 1. The standard InChI is InChI=1S/C19H26BrN3O3/c20-16-11-18-17(25-14-26-18)10-15(16)12-21-4-3-5-22(9-8-21)13-19(24)23-6-1-2-7-23/h10-11H,1-9,12-14H2. The molecule has 0 radical (unpaired) electrons. The van der Waals surface area contributed by atoms with Crippen LogP contribution in [0.1, 0.15) is 24.8 Å². The van der Waals surface area contributed by atoms with Gasteiger partial charge in [-0.3, -0.25) is 14.6 Å². The van der Waals surface area contributed by atoms with Crippen LogP contribution in [0.4, 0.5) is 0 Å². The fourth-order valence-electron chi connectivity index (χ4n) is 3.92. The Labute approximate surface area is 163 Å². The van der Waals surface area contributed by atoms with Gasteiger partial charge < -0.3 is 14.4 Å². The first-order valence-electron chi connectivity index (χ1n) is 9.49. The zero-order chi connectivity index (χ0) is 17.9. The summed E-state index contributed by atoms with van der Waals surface area (Å²) in [6.45, 7) is 7.61. The number of halogens is 1. The van der Waals surface area contributed by atoms with Gasteiger partial charge in [-0.05, 0) is 50.0 Å². The molecule has 1 aromatic carbocycles. The fraction of sp³-hybridized carbons (Fsp3) is 0.632. The number of likely N-dealkylation sites (tertiary alicyclic amines) is 1. The number of fused-ring (bicyclic) bond motifs is 1. The molecule has 7 heteroatoms. The Bertz CT molecular complexity index is 664. The predicted molar refractivity (Wildman–Crippen MR) is 102 cm³/mol. The van der Waals surface area contributed by atoms with Crippen molar-refractivity contribution in [2.45, 2.75) is 25.8 Å². The van der Waals surface area contributed by atoms with Gasteiger partial charge >= 0.3 is 0 Å². The van der Waals surface area contributed by atoms with E-state index >= 15 is 0 Å². The van der Waals surface area contributed by atoms with Crippen molar-refractivity contribution in [2.75, 3.05) is 52.6 Å².